The predicted octanol–water partition coefficient (Wildman–Crippen LogP) is 2.41. The van der Waals surface area contributed by atoms with Crippen LogP contribution in [0, 0.1) is 10.1 Å². The maximum absolute atomic E-state index is 10.9. The molecule has 0 saturated carbocycles. The molecule has 0 atom stereocenters. The summed E-state index contributed by atoms with van der Waals surface area (Å²) in [6.07, 6.45) is 3.63. The van der Waals surface area contributed by atoms with Crippen molar-refractivity contribution >= 4 is 27.9 Å². The minimum Gasteiger partial charge on any atom is -0.298 e. The van der Waals surface area contributed by atoms with Crippen molar-refractivity contribution in [2.75, 3.05) is 0 Å². The van der Waals surface area contributed by atoms with Crippen molar-refractivity contribution in [3.63, 3.8) is 0 Å². The summed E-state index contributed by atoms with van der Waals surface area (Å²) in [5.74, 6) is 0. The Bertz CT molecular complexity index is 609. The lowest BCUT2D eigenvalue weighted by Gasteiger charge is -2.03. The standard InChI is InChI=1S/C11H8BrN3O3/c12-10-2-1-9(11(3-10)15(17)18)6-14-5-8(7-16)4-13-14/h1-5,7H,6H2. The van der Waals surface area contributed by atoms with E-state index in [2.05, 4.69) is 21.0 Å². The van der Waals surface area contributed by atoms with E-state index in [1.165, 1.54) is 16.9 Å². The Balaban J connectivity index is 2.33. The molecule has 0 saturated heterocycles. The Morgan fingerprint density at radius 1 is 1.50 bits per heavy atom. The van der Waals surface area contributed by atoms with Gasteiger partial charge in [0, 0.05) is 16.7 Å². The maximum Gasteiger partial charge on any atom is 0.275 e. The van der Waals surface area contributed by atoms with Gasteiger partial charge in [0.2, 0.25) is 0 Å². The number of nitro groups is 1. The first-order valence-electron chi connectivity index (χ1n) is 5.00. The zero-order valence-electron chi connectivity index (χ0n) is 9.12. The van der Waals surface area contributed by atoms with E-state index in [1.54, 1.807) is 18.3 Å². The molecule has 1 heterocycles. The molecule has 1 aromatic carbocycles. The minimum atomic E-state index is -0.440. The first-order chi connectivity index (χ1) is 8.60. The van der Waals surface area contributed by atoms with E-state index in [9.17, 15) is 14.9 Å². The number of nitrogens with zero attached hydrogens (tertiary/aromatic N) is 3. The zero-order chi connectivity index (χ0) is 13.1. The highest BCUT2D eigenvalue weighted by Gasteiger charge is 2.14. The topological polar surface area (TPSA) is 78.0 Å². The molecular formula is C11H8BrN3O3. The molecule has 0 aliphatic heterocycles. The van der Waals surface area contributed by atoms with Crippen LogP contribution in [-0.2, 0) is 6.54 Å². The summed E-state index contributed by atoms with van der Waals surface area (Å²) in [6.45, 7) is 0.247. The number of halogens is 1. The molecule has 0 amide bonds. The van der Waals surface area contributed by atoms with E-state index in [0.717, 1.165) is 0 Å². The van der Waals surface area contributed by atoms with Gasteiger partial charge in [-0.2, -0.15) is 5.10 Å². The monoisotopic (exact) mass is 309 g/mol. The number of hydrogen-bond donors (Lipinski definition) is 0. The van der Waals surface area contributed by atoms with Gasteiger partial charge in [0.15, 0.2) is 6.29 Å². The van der Waals surface area contributed by atoms with Crippen LogP contribution in [0.25, 0.3) is 0 Å². The van der Waals surface area contributed by atoms with Crippen molar-refractivity contribution < 1.29 is 9.72 Å². The third kappa shape index (κ3) is 2.62. The lowest BCUT2D eigenvalue weighted by atomic mass is 10.2. The molecule has 0 aliphatic carbocycles. The fraction of sp³-hybridized carbons (Fsp3) is 0.0909. The second-order valence-electron chi connectivity index (χ2n) is 3.62. The Hall–Kier alpha value is -2.02. The summed E-state index contributed by atoms with van der Waals surface area (Å²) in [5, 5.41) is 14.9. The highest BCUT2D eigenvalue weighted by atomic mass is 79.9. The van der Waals surface area contributed by atoms with Crippen LogP contribution in [-0.4, -0.2) is 21.0 Å². The zero-order valence-corrected chi connectivity index (χ0v) is 10.7. The summed E-state index contributed by atoms with van der Waals surface area (Å²) in [7, 11) is 0. The van der Waals surface area contributed by atoms with Crippen molar-refractivity contribution in [2.24, 2.45) is 0 Å². The van der Waals surface area contributed by atoms with E-state index in [-0.39, 0.29) is 12.2 Å². The van der Waals surface area contributed by atoms with Crippen molar-refractivity contribution in [3.8, 4) is 0 Å². The highest BCUT2D eigenvalue weighted by Crippen LogP contribution is 2.24. The number of hydrogen-bond acceptors (Lipinski definition) is 4. The summed E-state index contributed by atoms with van der Waals surface area (Å²) in [5.41, 5.74) is 0.992. The van der Waals surface area contributed by atoms with Crippen LogP contribution in [0.4, 0.5) is 5.69 Å². The van der Waals surface area contributed by atoms with E-state index in [4.69, 9.17) is 0 Å². The third-order valence-electron chi connectivity index (χ3n) is 2.37. The van der Waals surface area contributed by atoms with Gasteiger partial charge in [-0.25, -0.2) is 0 Å². The highest BCUT2D eigenvalue weighted by molar-refractivity contribution is 9.10. The van der Waals surface area contributed by atoms with Crippen molar-refractivity contribution in [3.05, 3.63) is 56.3 Å². The quantitative estimate of drug-likeness (QED) is 0.493. The normalized spacial score (nSPS) is 10.3. The van der Waals surface area contributed by atoms with Crippen LogP contribution >= 0.6 is 15.9 Å². The van der Waals surface area contributed by atoms with Crippen molar-refractivity contribution in [1.82, 2.24) is 9.78 Å². The molecule has 7 heteroatoms. The summed E-state index contributed by atoms with van der Waals surface area (Å²) >= 11 is 3.19. The number of carbonyl (C=O) groups excluding carboxylic acids is 1. The van der Waals surface area contributed by atoms with Crippen LogP contribution in [0.1, 0.15) is 15.9 Å². The van der Waals surface area contributed by atoms with Gasteiger partial charge in [-0.1, -0.05) is 15.9 Å². The Labute approximate surface area is 111 Å². The molecule has 1 aromatic heterocycles. The number of benzene rings is 1. The Morgan fingerprint density at radius 2 is 2.28 bits per heavy atom. The number of nitro benzene ring substituents is 1. The third-order valence-corrected chi connectivity index (χ3v) is 2.86. The minimum absolute atomic E-state index is 0.0209. The van der Waals surface area contributed by atoms with Gasteiger partial charge in [0.25, 0.3) is 5.69 Å². The molecule has 18 heavy (non-hydrogen) atoms. The molecule has 92 valence electrons. The summed E-state index contributed by atoms with van der Waals surface area (Å²) < 4.78 is 2.13. The Kier molecular flexibility index (Phi) is 3.52. The molecular weight excluding hydrogens is 302 g/mol. The first kappa shape index (κ1) is 12.4. The fourth-order valence-corrected chi connectivity index (χ4v) is 1.89. The largest absolute Gasteiger partial charge is 0.298 e. The van der Waals surface area contributed by atoms with Crippen LogP contribution in [0.3, 0.4) is 0 Å². The number of carbonyl (C=O) groups is 1. The van der Waals surface area contributed by atoms with E-state index >= 15 is 0 Å². The van der Waals surface area contributed by atoms with E-state index in [1.807, 2.05) is 0 Å². The van der Waals surface area contributed by atoms with Crippen LogP contribution in [0.5, 0.6) is 0 Å². The predicted molar refractivity (Wildman–Crippen MR) is 67.5 cm³/mol. The van der Waals surface area contributed by atoms with Gasteiger partial charge in [-0.05, 0) is 12.1 Å². The van der Waals surface area contributed by atoms with Gasteiger partial charge >= 0.3 is 0 Å². The van der Waals surface area contributed by atoms with Crippen molar-refractivity contribution in [1.29, 1.82) is 0 Å². The number of rotatable bonds is 4. The number of aromatic nitrogens is 2. The lowest BCUT2D eigenvalue weighted by molar-refractivity contribution is -0.385. The fourth-order valence-electron chi connectivity index (χ4n) is 1.54. The molecule has 2 aromatic rings. The molecule has 0 fully saturated rings. The maximum atomic E-state index is 10.9. The van der Waals surface area contributed by atoms with Gasteiger partial charge in [0.1, 0.15) is 0 Å². The summed E-state index contributed by atoms with van der Waals surface area (Å²) in [4.78, 5) is 21.0. The van der Waals surface area contributed by atoms with E-state index in [0.29, 0.717) is 21.9 Å². The smallest absolute Gasteiger partial charge is 0.275 e. The van der Waals surface area contributed by atoms with Gasteiger partial charge in [0.05, 0.1) is 28.8 Å². The van der Waals surface area contributed by atoms with Crippen LogP contribution < -0.4 is 0 Å². The molecule has 2 rings (SSSR count). The van der Waals surface area contributed by atoms with Crippen LogP contribution in [0.15, 0.2) is 35.1 Å². The molecule has 0 unspecified atom stereocenters. The average molecular weight is 310 g/mol. The molecule has 6 nitrogen and oxygen atoms in total. The SMILES string of the molecule is O=Cc1cnn(Cc2ccc(Br)cc2[N+](=O)[O-])c1. The van der Waals surface area contributed by atoms with Gasteiger partial charge in [-0.15, -0.1) is 0 Å². The molecule has 0 N–H and O–H groups in total. The molecule has 0 aliphatic rings. The molecule has 0 bridgehead atoms. The van der Waals surface area contributed by atoms with Crippen LogP contribution in [0.2, 0.25) is 0 Å². The van der Waals surface area contributed by atoms with Gasteiger partial charge < -0.3 is 0 Å². The Morgan fingerprint density at radius 3 is 2.89 bits per heavy atom. The average Bonchev–Trinajstić information content (AvgIpc) is 2.79. The molecule has 0 spiro atoms. The summed E-state index contributed by atoms with van der Waals surface area (Å²) in [6, 6.07) is 4.83. The second-order valence-corrected chi connectivity index (χ2v) is 4.53. The number of aldehydes is 1. The lowest BCUT2D eigenvalue weighted by Crippen LogP contribution is -2.03. The van der Waals surface area contributed by atoms with Gasteiger partial charge in [-0.3, -0.25) is 19.6 Å². The van der Waals surface area contributed by atoms with Crippen molar-refractivity contribution in [2.45, 2.75) is 6.54 Å². The van der Waals surface area contributed by atoms with E-state index < -0.39 is 4.92 Å². The first-order valence-corrected chi connectivity index (χ1v) is 5.80. The molecule has 0 radical (unpaired) electrons. The second kappa shape index (κ2) is 5.09.